The first-order chi connectivity index (χ1) is 22.2. The highest BCUT2D eigenvalue weighted by Crippen LogP contribution is 2.44. The molecule has 45 heavy (non-hydrogen) atoms. The second kappa shape index (κ2) is 10.8. The van der Waals surface area contributed by atoms with Crippen molar-refractivity contribution in [1.82, 2.24) is 9.97 Å². The maximum absolute atomic E-state index is 9.25. The van der Waals surface area contributed by atoms with E-state index in [1.54, 1.807) is 24.5 Å². The molecule has 4 nitrogen and oxygen atoms in total. The van der Waals surface area contributed by atoms with Crippen molar-refractivity contribution in [2.75, 3.05) is 0 Å². The molecule has 5 heteroatoms. The molecule has 0 aliphatic rings. The molecular formula is C40H22N4S. The minimum Gasteiger partial charge on any atom is -0.259 e. The lowest BCUT2D eigenvalue weighted by Gasteiger charge is -2.10. The van der Waals surface area contributed by atoms with E-state index in [9.17, 15) is 5.26 Å². The molecule has 0 spiro atoms. The van der Waals surface area contributed by atoms with Gasteiger partial charge in [-0.2, -0.15) is 5.26 Å². The third-order valence-electron chi connectivity index (χ3n) is 8.25. The Labute approximate surface area is 264 Å². The zero-order valence-electron chi connectivity index (χ0n) is 23.9. The summed E-state index contributed by atoms with van der Waals surface area (Å²) in [5.41, 5.74) is 9.40. The normalized spacial score (nSPS) is 11.1. The predicted molar refractivity (Wildman–Crippen MR) is 185 cm³/mol. The van der Waals surface area contributed by atoms with Crippen molar-refractivity contribution in [2.24, 2.45) is 0 Å². The molecule has 0 atom stereocenters. The summed E-state index contributed by atoms with van der Waals surface area (Å²) in [6, 6.07) is 43.9. The maximum Gasteiger partial charge on any atom is 0.190 e. The molecule has 3 heterocycles. The van der Waals surface area contributed by atoms with Gasteiger partial charge in [-0.3, -0.25) is 9.97 Å². The molecule has 3 aromatic heterocycles. The fraction of sp³-hybridized carbons (Fsp3) is 0. The lowest BCUT2D eigenvalue weighted by Crippen LogP contribution is -1.86. The highest BCUT2D eigenvalue weighted by atomic mass is 32.1. The van der Waals surface area contributed by atoms with Crippen molar-refractivity contribution >= 4 is 48.0 Å². The first kappa shape index (κ1) is 26.5. The second-order valence-electron chi connectivity index (χ2n) is 10.9. The van der Waals surface area contributed by atoms with Gasteiger partial charge < -0.3 is 0 Å². The third kappa shape index (κ3) is 4.69. The fourth-order valence-electron chi connectivity index (χ4n) is 6.02. The molecule has 0 radical (unpaired) electrons. The number of fused-ring (bicyclic) bond motifs is 5. The van der Waals surface area contributed by atoms with Crippen LogP contribution >= 0.6 is 11.3 Å². The van der Waals surface area contributed by atoms with Gasteiger partial charge in [-0.25, -0.2) is 4.85 Å². The number of hydrogen-bond acceptors (Lipinski definition) is 4. The predicted octanol–water partition coefficient (Wildman–Crippen LogP) is 11.1. The molecule has 0 saturated carbocycles. The van der Waals surface area contributed by atoms with Gasteiger partial charge in [0.15, 0.2) is 5.69 Å². The Bertz CT molecular complexity index is 2500. The van der Waals surface area contributed by atoms with Gasteiger partial charge in [0.05, 0.1) is 29.6 Å². The third-order valence-corrected chi connectivity index (χ3v) is 9.35. The standard InChI is InChI=1S/C40H22N4S/c1-42-31-17-19-44-37(22-31)29-12-8-27(9-13-29)35-23-39-40(33-5-3-2-4-32(33)35)34-15-14-30(21-38(34)45-39)26-6-10-28(11-7-26)36-20-25(24-41)16-18-43-36/h2-23H. The number of nitriles is 1. The van der Waals surface area contributed by atoms with Crippen LogP contribution < -0.4 is 0 Å². The second-order valence-corrected chi connectivity index (χ2v) is 11.9. The van der Waals surface area contributed by atoms with E-state index >= 15 is 0 Å². The molecule has 0 N–H and O–H groups in total. The monoisotopic (exact) mass is 590 g/mol. The van der Waals surface area contributed by atoms with Crippen LogP contribution in [-0.2, 0) is 0 Å². The van der Waals surface area contributed by atoms with Gasteiger partial charge in [0.25, 0.3) is 0 Å². The van der Waals surface area contributed by atoms with E-state index in [1.165, 1.54) is 36.5 Å². The Morgan fingerprint density at radius 1 is 0.578 bits per heavy atom. The van der Waals surface area contributed by atoms with Gasteiger partial charge in [-0.15, -0.1) is 11.3 Å². The fourth-order valence-corrected chi connectivity index (χ4v) is 7.22. The van der Waals surface area contributed by atoms with Crippen molar-refractivity contribution in [3.63, 3.8) is 0 Å². The summed E-state index contributed by atoms with van der Waals surface area (Å²) in [4.78, 5) is 12.5. The van der Waals surface area contributed by atoms with E-state index in [4.69, 9.17) is 6.57 Å². The molecule has 0 saturated heterocycles. The van der Waals surface area contributed by atoms with Gasteiger partial charge in [0, 0.05) is 38.1 Å². The van der Waals surface area contributed by atoms with Crippen LogP contribution in [0.4, 0.5) is 5.69 Å². The Kier molecular flexibility index (Phi) is 6.38. The Hall–Kier alpha value is -6.14. The average molecular weight is 591 g/mol. The topological polar surface area (TPSA) is 53.9 Å². The average Bonchev–Trinajstić information content (AvgIpc) is 3.49. The smallest absolute Gasteiger partial charge is 0.190 e. The van der Waals surface area contributed by atoms with Crippen molar-refractivity contribution < 1.29 is 0 Å². The maximum atomic E-state index is 9.25. The molecule has 208 valence electrons. The van der Waals surface area contributed by atoms with E-state index in [1.807, 2.05) is 23.5 Å². The summed E-state index contributed by atoms with van der Waals surface area (Å²) in [5.74, 6) is 0. The zero-order chi connectivity index (χ0) is 30.3. The summed E-state index contributed by atoms with van der Waals surface area (Å²) < 4.78 is 2.50. The lowest BCUT2D eigenvalue weighted by atomic mass is 9.94. The molecule has 0 amide bonds. The summed E-state index contributed by atoms with van der Waals surface area (Å²) in [7, 11) is 0. The molecular weight excluding hydrogens is 569 g/mol. The number of aromatic nitrogens is 2. The van der Waals surface area contributed by atoms with Gasteiger partial charge in [-0.1, -0.05) is 84.9 Å². The van der Waals surface area contributed by atoms with E-state index in [0.717, 1.165) is 39.2 Å². The number of pyridine rings is 2. The number of hydrogen-bond donors (Lipinski definition) is 0. The van der Waals surface area contributed by atoms with Gasteiger partial charge >= 0.3 is 0 Å². The van der Waals surface area contributed by atoms with E-state index in [-0.39, 0.29) is 0 Å². The SMILES string of the molecule is [C-]#[N+]c1ccnc(-c2ccc(-c3cc4sc5cc(-c6ccc(-c7cc(C#N)ccn7)cc6)ccc5c4c4ccccc34)cc2)c1. The van der Waals surface area contributed by atoms with Crippen molar-refractivity contribution in [3.05, 3.63) is 151 Å². The number of rotatable bonds is 4. The Balaban J connectivity index is 1.19. The van der Waals surface area contributed by atoms with Crippen LogP contribution in [0.5, 0.6) is 0 Å². The quantitative estimate of drug-likeness (QED) is 0.192. The van der Waals surface area contributed by atoms with Crippen LogP contribution in [-0.4, -0.2) is 9.97 Å². The molecule has 0 aliphatic carbocycles. The van der Waals surface area contributed by atoms with Gasteiger partial charge in [-0.05, 0) is 75.0 Å². The molecule has 0 unspecified atom stereocenters. The highest BCUT2D eigenvalue weighted by Gasteiger charge is 2.15. The van der Waals surface area contributed by atoms with Crippen LogP contribution in [0.1, 0.15) is 5.56 Å². The van der Waals surface area contributed by atoms with Crippen molar-refractivity contribution in [3.8, 4) is 50.8 Å². The molecule has 8 aromatic rings. The zero-order valence-corrected chi connectivity index (χ0v) is 24.7. The van der Waals surface area contributed by atoms with Crippen LogP contribution in [0.15, 0.2) is 134 Å². The summed E-state index contributed by atoms with van der Waals surface area (Å²) in [6.45, 7) is 7.32. The minimum atomic E-state index is 0.588. The Morgan fingerprint density at radius 3 is 1.96 bits per heavy atom. The first-order valence-corrected chi connectivity index (χ1v) is 15.3. The Morgan fingerprint density at radius 2 is 1.22 bits per heavy atom. The minimum absolute atomic E-state index is 0.588. The van der Waals surface area contributed by atoms with Crippen molar-refractivity contribution in [1.29, 1.82) is 5.26 Å². The molecule has 0 aliphatic heterocycles. The van der Waals surface area contributed by atoms with Crippen LogP contribution in [0.2, 0.25) is 0 Å². The van der Waals surface area contributed by atoms with E-state index < -0.39 is 0 Å². The molecule has 8 rings (SSSR count). The number of nitrogens with zero attached hydrogens (tertiary/aromatic N) is 4. The number of benzene rings is 5. The van der Waals surface area contributed by atoms with Crippen LogP contribution in [0, 0.1) is 17.9 Å². The first-order valence-electron chi connectivity index (χ1n) is 14.5. The molecule has 5 aromatic carbocycles. The largest absolute Gasteiger partial charge is 0.259 e. The van der Waals surface area contributed by atoms with Crippen LogP contribution in [0.3, 0.4) is 0 Å². The molecule has 0 fully saturated rings. The molecule has 0 bridgehead atoms. The lowest BCUT2D eigenvalue weighted by molar-refractivity contribution is 1.31. The van der Waals surface area contributed by atoms with E-state index in [2.05, 4.69) is 118 Å². The van der Waals surface area contributed by atoms with E-state index in [0.29, 0.717) is 11.3 Å². The van der Waals surface area contributed by atoms with Crippen LogP contribution in [0.25, 0.3) is 80.6 Å². The number of thiophene rings is 1. The summed E-state index contributed by atoms with van der Waals surface area (Å²) in [5, 5.41) is 14.3. The highest BCUT2D eigenvalue weighted by molar-refractivity contribution is 7.26. The van der Waals surface area contributed by atoms with Gasteiger partial charge in [0.1, 0.15) is 0 Å². The summed E-state index contributed by atoms with van der Waals surface area (Å²) >= 11 is 1.82. The van der Waals surface area contributed by atoms with Gasteiger partial charge in [0.2, 0.25) is 0 Å². The van der Waals surface area contributed by atoms with Crippen molar-refractivity contribution in [2.45, 2.75) is 0 Å². The summed E-state index contributed by atoms with van der Waals surface area (Å²) in [6.07, 6.45) is 3.37.